The number of hydrogen-bond acceptors (Lipinski definition) is 9. The molecule has 0 bridgehead atoms. The number of rotatable bonds is 5. The molecule has 0 radical (unpaired) electrons. The van der Waals surface area contributed by atoms with Crippen LogP contribution in [-0.4, -0.2) is 58.6 Å². The number of cyclic esters (lactones) is 3. The molecule has 0 aliphatic carbocycles. The molecule has 2 aliphatic rings. The lowest BCUT2D eigenvalue weighted by Gasteiger charge is -2.17. The predicted molar refractivity (Wildman–Crippen MR) is 58.2 cm³/mol. The topological polar surface area (TPSA) is 140 Å². The fourth-order valence-electron chi connectivity index (χ4n) is 1.79. The summed E-state index contributed by atoms with van der Waals surface area (Å²) in [5.74, 6) is -4.95. The van der Waals surface area contributed by atoms with Crippen molar-refractivity contribution < 1.29 is 43.9 Å². The summed E-state index contributed by atoms with van der Waals surface area (Å²) in [6, 6.07) is 0. The average molecular weight is 288 g/mol. The van der Waals surface area contributed by atoms with E-state index in [1.807, 2.05) is 0 Å². The van der Waals surface area contributed by atoms with Crippen LogP contribution in [-0.2, 0) is 28.6 Å². The lowest BCUT2D eigenvalue weighted by Crippen LogP contribution is -2.33. The highest BCUT2D eigenvalue weighted by Gasteiger charge is 2.40. The first-order valence-corrected chi connectivity index (χ1v) is 5.73. The van der Waals surface area contributed by atoms with Crippen molar-refractivity contribution in [1.29, 1.82) is 0 Å². The quantitative estimate of drug-likeness (QED) is 0.416. The van der Waals surface area contributed by atoms with Crippen LogP contribution in [0.25, 0.3) is 0 Å². The third-order valence-corrected chi connectivity index (χ3v) is 2.86. The number of ether oxygens (including phenoxy) is 3. The van der Waals surface area contributed by atoms with Gasteiger partial charge in [-0.2, -0.15) is 0 Å². The number of esters is 3. The van der Waals surface area contributed by atoms with Crippen LogP contribution in [0.3, 0.4) is 0 Å². The second kappa shape index (κ2) is 5.47. The molecule has 0 aromatic carbocycles. The van der Waals surface area contributed by atoms with Gasteiger partial charge in [0.05, 0.1) is 25.6 Å². The molecule has 0 amide bonds. The molecular formula is C11H12O9. The van der Waals surface area contributed by atoms with Gasteiger partial charge in [-0.1, -0.05) is 0 Å². The van der Waals surface area contributed by atoms with Gasteiger partial charge in [0.15, 0.2) is 11.9 Å². The normalized spacial score (nSPS) is 27.8. The van der Waals surface area contributed by atoms with Crippen LogP contribution in [0.4, 0.5) is 0 Å². The molecule has 1 saturated heterocycles. The maximum Gasteiger partial charge on any atom is 0.377 e. The maximum absolute atomic E-state index is 11.1. The van der Waals surface area contributed by atoms with Crippen molar-refractivity contribution in [3.05, 3.63) is 11.5 Å². The highest BCUT2D eigenvalue weighted by molar-refractivity contribution is 5.94. The minimum atomic E-state index is -1.42. The van der Waals surface area contributed by atoms with Crippen molar-refractivity contribution in [1.82, 2.24) is 0 Å². The summed E-state index contributed by atoms with van der Waals surface area (Å²) in [6.07, 6.45) is -2.93. The molecular weight excluding hydrogens is 276 g/mol. The zero-order valence-electron chi connectivity index (χ0n) is 10.1. The van der Waals surface area contributed by atoms with Crippen molar-refractivity contribution >= 4 is 17.9 Å². The van der Waals surface area contributed by atoms with E-state index in [2.05, 4.69) is 9.47 Å². The standard InChI is InChI=1S/C11H12O9/c12-5(9-7(14)8(15)11(17)20-9)3-18-2-4-1-6(13)19-10(4)16/h4-5,9,12,14-15H,1-3H2. The maximum atomic E-state index is 11.1. The zero-order valence-corrected chi connectivity index (χ0v) is 10.1. The zero-order chi connectivity index (χ0) is 14.9. The summed E-state index contributed by atoms with van der Waals surface area (Å²) >= 11 is 0. The third-order valence-electron chi connectivity index (χ3n) is 2.86. The third kappa shape index (κ3) is 2.73. The van der Waals surface area contributed by atoms with Gasteiger partial charge >= 0.3 is 17.9 Å². The van der Waals surface area contributed by atoms with Crippen LogP contribution in [0.15, 0.2) is 11.5 Å². The molecule has 3 unspecified atom stereocenters. The number of carbonyl (C=O) groups is 3. The molecule has 9 nitrogen and oxygen atoms in total. The second-order valence-electron chi connectivity index (χ2n) is 4.36. The van der Waals surface area contributed by atoms with E-state index in [1.54, 1.807) is 0 Å². The first-order valence-electron chi connectivity index (χ1n) is 5.73. The molecule has 2 rings (SSSR count). The van der Waals surface area contributed by atoms with Gasteiger partial charge in [0.2, 0.25) is 5.76 Å². The fraction of sp³-hybridized carbons (Fsp3) is 0.545. The molecule has 9 heteroatoms. The van der Waals surface area contributed by atoms with Crippen molar-refractivity contribution in [3.8, 4) is 0 Å². The fourth-order valence-corrected chi connectivity index (χ4v) is 1.79. The molecule has 2 aliphatic heterocycles. The number of hydrogen-bond donors (Lipinski definition) is 3. The van der Waals surface area contributed by atoms with Gasteiger partial charge in [0.25, 0.3) is 0 Å². The van der Waals surface area contributed by atoms with Crippen LogP contribution in [0, 0.1) is 5.92 Å². The summed E-state index contributed by atoms with van der Waals surface area (Å²) in [7, 11) is 0. The monoisotopic (exact) mass is 288 g/mol. The Morgan fingerprint density at radius 2 is 2.00 bits per heavy atom. The van der Waals surface area contributed by atoms with Gasteiger partial charge in [-0.25, -0.2) is 4.79 Å². The van der Waals surface area contributed by atoms with Crippen LogP contribution in [0.2, 0.25) is 0 Å². The summed E-state index contributed by atoms with van der Waals surface area (Å²) in [6.45, 7) is -0.522. The molecule has 110 valence electrons. The van der Waals surface area contributed by atoms with Crippen molar-refractivity contribution in [2.45, 2.75) is 18.6 Å². The largest absolute Gasteiger partial charge is 0.505 e. The molecule has 0 saturated carbocycles. The Balaban J connectivity index is 1.79. The molecule has 0 aromatic heterocycles. The Kier molecular flexibility index (Phi) is 3.91. The molecule has 0 spiro atoms. The Morgan fingerprint density at radius 3 is 2.50 bits per heavy atom. The van der Waals surface area contributed by atoms with E-state index in [0.717, 1.165) is 0 Å². The molecule has 20 heavy (non-hydrogen) atoms. The van der Waals surface area contributed by atoms with Crippen LogP contribution >= 0.6 is 0 Å². The van der Waals surface area contributed by atoms with Gasteiger partial charge in [0.1, 0.15) is 6.10 Å². The highest BCUT2D eigenvalue weighted by atomic mass is 16.6. The van der Waals surface area contributed by atoms with Gasteiger partial charge in [-0.05, 0) is 0 Å². The van der Waals surface area contributed by atoms with Crippen LogP contribution in [0.1, 0.15) is 6.42 Å². The van der Waals surface area contributed by atoms with Crippen molar-refractivity contribution in [2.24, 2.45) is 5.92 Å². The van der Waals surface area contributed by atoms with Crippen LogP contribution in [0.5, 0.6) is 0 Å². The Morgan fingerprint density at radius 1 is 1.30 bits per heavy atom. The van der Waals surface area contributed by atoms with E-state index in [0.29, 0.717) is 0 Å². The Hall–Kier alpha value is -2.13. The number of carbonyl (C=O) groups excluding carboxylic acids is 3. The Bertz CT molecular complexity index is 480. The van der Waals surface area contributed by atoms with E-state index in [-0.39, 0.29) is 19.6 Å². The SMILES string of the molecule is O=C1CC(COCC(O)C2OC(=O)C(O)=C2O)C(=O)O1. The molecule has 3 atom stereocenters. The van der Waals surface area contributed by atoms with Crippen LogP contribution < -0.4 is 0 Å². The first-order chi connectivity index (χ1) is 9.40. The number of aliphatic hydroxyl groups excluding tert-OH is 3. The lowest BCUT2D eigenvalue weighted by atomic mass is 10.1. The van der Waals surface area contributed by atoms with Gasteiger partial charge in [0, 0.05) is 0 Å². The van der Waals surface area contributed by atoms with Crippen molar-refractivity contribution in [2.75, 3.05) is 13.2 Å². The first kappa shape index (κ1) is 14.3. The second-order valence-corrected chi connectivity index (χ2v) is 4.36. The predicted octanol–water partition coefficient (Wildman–Crippen LogP) is -1.29. The van der Waals surface area contributed by atoms with Crippen molar-refractivity contribution in [3.63, 3.8) is 0 Å². The van der Waals surface area contributed by atoms with E-state index >= 15 is 0 Å². The highest BCUT2D eigenvalue weighted by Crippen LogP contribution is 2.22. The number of aliphatic hydroxyl groups is 3. The van der Waals surface area contributed by atoms with Gasteiger partial charge in [-0.3, -0.25) is 9.59 Å². The van der Waals surface area contributed by atoms with Gasteiger partial charge < -0.3 is 29.5 Å². The molecule has 1 fully saturated rings. The lowest BCUT2D eigenvalue weighted by molar-refractivity contribution is -0.153. The van der Waals surface area contributed by atoms with Gasteiger partial charge in [-0.15, -0.1) is 0 Å². The minimum absolute atomic E-state index is 0.0979. The summed E-state index contributed by atoms with van der Waals surface area (Å²) < 4.78 is 13.8. The van der Waals surface area contributed by atoms with E-state index in [9.17, 15) is 24.6 Å². The van der Waals surface area contributed by atoms with E-state index in [1.165, 1.54) is 0 Å². The summed E-state index contributed by atoms with van der Waals surface area (Å²) in [5.41, 5.74) is 0. The molecule has 0 aromatic rings. The molecule has 3 N–H and O–H groups in total. The Labute approximate surface area is 112 Å². The average Bonchev–Trinajstić information content (AvgIpc) is 2.83. The smallest absolute Gasteiger partial charge is 0.377 e. The van der Waals surface area contributed by atoms with E-state index < -0.39 is 47.6 Å². The summed E-state index contributed by atoms with van der Waals surface area (Å²) in [4.78, 5) is 32.9. The molecule has 2 heterocycles. The minimum Gasteiger partial charge on any atom is -0.505 e. The van der Waals surface area contributed by atoms with E-state index in [4.69, 9.17) is 9.84 Å². The summed E-state index contributed by atoms with van der Waals surface area (Å²) in [5, 5.41) is 28.0.